The van der Waals surface area contributed by atoms with Gasteiger partial charge in [0.05, 0.1) is 12.5 Å². The number of carbonyl (C=O) groups is 1. The molecule has 5 heteroatoms. The zero-order valence-corrected chi connectivity index (χ0v) is 10.6. The van der Waals surface area contributed by atoms with Gasteiger partial charge in [-0.1, -0.05) is 6.92 Å². The SMILES string of the molecule is CC1CNCC1C(=O)N1CCN(CCO)CC1. The number of β-amino-alcohol motifs (C(OH)–C–C–N with tert-alkyl or cyclic N) is 1. The molecule has 17 heavy (non-hydrogen) atoms. The minimum atomic E-state index is 0.166. The number of hydrogen-bond donors (Lipinski definition) is 2. The summed E-state index contributed by atoms with van der Waals surface area (Å²) in [5.41, 5.74) is 0. The molecule has 2 fully saturated rings. The highest BCUT2D eigenvalue weighted by Gasteiger charge is 2.33. The summed E-state index contributed by atoms with van der Waals surface area (Å²) in [5.74, 6) is 0.934. The van der Waals surface area contributed by atoms with Gasteiger partial charge in [-0.2, -0.15) is 0 Å². The van der Waals surface area contributed by atoms with E-state index in [4.69, 9.17) is 5.11 Å². The Bertz CT molecular complexity index is 264. The fourth-order valence-electron chi connectivity index (χ4n) is 2.71. The van der Waals surface area contributed by atoms with Crippen molar-refractivity contribution in [3.63, 3.8) is 0 Å². The fraction of sp³-hybridized carbons (Fsp3) is 0.917. The Kier molecular flexibility index (Phi) is 4.36. The molecule has 2 unspecified atom stereocenters. The summed E-state index contributed by atoms with van der Waals surface area (Å²) in [6.07, 6.45) is 0. The van der Waals surface area contributed by atoms with Crippen molar-refractivity contribution < 1.29 is 9.90 Å². The van der Waals surface area contributed by atoms with Gasteiger partial charge in [0.2, 0.25) is 5.91 Å². The van der Waals surface area contributed by atoms with Crippen molar-refractivity contribution in [2.24, 2.45) is 11.8 Å². The van der Waals surface area contributed by atoms with Gasteiger partial charge in [-0.25, -0.2) is 0 Å². The number of nitrogens with zero attached hydrogens (tertiary/aromatic N) is 2. The summed E-state index contributed by atoms with van der Waals surface area (Å²) < 4.78 is 0. The number of piperazine rings is 1. The van der Waals surface area contributed by atoms with Crippen LogP contribution >= 0.6 is 0 Å². The standard InChI is InChI=1S/C12H23N3O2/c1-10-8-13-9-11(10)12(17)15-4-2-14(3-5-15)6-7-16/h10-11,13,16H,2-9H2,1H3. The molecule has 0 saturated carbocycles. The highest BCUT2D eigenvalue weighted by atomic mass is 16.3. The second-order valence-electron chi connectivity index (χ2n) is 5.13. The van der Waals surface area contributed by atoms with Crippen LogP contribution in [0, 0.1) is 11.8 Å². The first-order valence-electron chi connectivity index (χ1n) is 6.55. The lowest BCUT2D eigenvalue weighted by Gasteiger charge is -2.36. The molecule has 0 aromatic heterocycles. The van der Waals surface area contributed by atoms with E-state index >= 15 is 0 Å². The lowest BCUT2D eigenvalue weighted by molar-refractivity contribution is -0.137. The quantitative estimate of drug-likeness (QED) is 0.664. The predicted octanol–water partition coefficient (Wildman–Crippen LogP) is -1.02. The van der Waals surface area contributed by atoms with Gasteiger partial charge in [-0.3, -0.25) is 9.69 Å². The molecule has 2 heterocycles. The minimum Gasteiger partial charge on any atom is -0.395 e. The van der Waals surface area contributed by atoms with Crippen LogP contribution < -0.4 is 5.32 Å². The van der Waals surface area contributed by atoms with Crippen LogP contribution in [0.4, 0.5) is 0 Å². The van der Waals surface area contributed by atoms with Gasteiger partial charge < -0.3 is 15.3 Å². The van der Waals surface area contributed by atoms with Gasteiger partial charge in [0.1, 0.15) is 0 Å². The van der Waals surface area contributed by atoms with Crippen LogP contribution in [0.15, 0.2) is 0 Å². The highest BCUT2D eigenvalue weighted by molar-refractivity contribution is 5.79. The third-order valence-corrected chi connectivity index (χ3v) is 3.93. The molecule has 2 aliphatic rings. The summed E-state index contributed by atoms with van der Waals surface area (Å²) in [5, 5.41) is 12.2. The predicted molar refractivity (Wildman–Crippen MR) is 65.6 cm³/mol. The van der Waals surface area contributed by atoms with Crippen LogP contribution in [0.5, 0.6) is 0 Å². The second kappa shape index (κ2) is 5.80. The zero-order chi connectivity index (χ0) is 12.3. The largest absolute Gasteiger partial charge is 0.395 e. The molecular formula is C12H23N3O2. The van der Waals surface area contributed by atoms with E-state index in [1.165, 1.54) is 0 Å². The summed E-state index contributed by atoms with van der Waals surface area (Å²) in [4.78, 5) is 16.5. The maximum atomic E-state index is 12.3. The summed E-state index contributed by atoms with van der Waals surface area (Å²) in [7, 11) is 0. The zero-order valence-electron chi connectivity index (χ0n) is 10.6. The molecule has 0 aliphatic carbocycles. The van der Waals surface area contributed by atoms with Crippen molar-refractivity contribution in [3.8, 4) is 0 Å². The fourth-order valence-corrected chi connectivity index (χ4v) is 2.71. The Hall–Kier alpha value is -0.650. The molecule has 2 aliphatic heterocycles. The first-order chi connectivity index (χ1) is 8.22. The molecule has 0 aromatic carbocycles. The van der Waals surface area contributed by atoms with Crippen molar-refractivity contribution in [1.29, 1.82) is 0 Å². The van der Waals surface area contributed by atoms with E-state index in [0.29, 0.717) is 11.8 Å². The molecular weight excluding hydrogens is 218 g/mol. The van der Waals surface area contributed by atoms with E-state index in [0.717, 1.165) is 45.8 Å². The molecule has 2 saturated heterocycles. The summed E-state index contributed by atoms with van der Waals surface area (Å²) >= 11 is 0. The molecule has 98 valence electrons. The highest BCUT2D eigenvalue weighted by Crippen LogP contribution is 2.19. The molecule has 0 spiro atoms. The average molecular weight is 241 g/mol. The smallest absolute Gasteiger partial charge is 0.227 e. The lowest BCUT2D eigenvalue weighted by atomic mass is 9.96. The first-order valence-corrected chi connectivity index (χ1v) is 6.55. The van der Waals surface area contributed by atoms with Gasteiger partial charge in [0.25, 0.3) is 0 Å². The monoisotopic (exact) mass is 241 g/mol. The molecule has 2 rings (SSSR count). The van der Waals surface area contributed by atoms with E-state index in [1.54, 1.807) is 0 Å². The third kappa shape index (κ3) is 2.97. The van der Waals surface area contributed by atoms with Crippen molar-refractivity contribution >= 4 is 5.91 Å². The first kappa shape index (κ1) is 12.8. The van der Waals surface area contributed by atoms with Crippen LogP contribution in [-0.4, -0.2) is 73.2 Å². The number of hydrogen-bond acceptors (Lipinski definition) is 4. The average Bonchev–Trinajstić information content (AvgIpc) is 2.76. The molecule has 5 nitrogen and oxygen atoms in total. The third-order valence-electron chi connectivity index (χ3n) is 3.93. The molecule has 0 radical (unpaired) electrons. The van der Waals surface area contributed by atoms with Gasteiger partial charge in [-0.15, -0.1) is 0 Å². The molecule has 2 atom stereocenters. The number of nitrogens with one attached hydrogen (secondary N) is 1. The van der Waals surface area contributed by atoms with Gasteiger partial charge in [-0.05, 0) is 12.5 Å². The maximum Gasteiger partial charge on any atom is 0.227 e. The minimum absolute atomic E-state index is 0.166. The Morgan fingerprint density at radius 1 is 1.29 bits per heavy atom. The van der Waals surface area contributed by atoms with Crippen molar-refractivity contribution in [3.05, 3.63) is 0 Å². The number of amides is 1. The molecule has 1 amide bonds. The van der Waals surface area contributed by atoms with Crippen molar-refractivity contribution in [1.82, 2.24) is 15.1 Å². The van der Waals surface area contributed by atoms with Crippen molar-refractivity contribution in [2.75, 3.05) is 52.4 Å². The maximum absolute atomic E-state index is 12.3. The van der Waals surface area contributed by atoms with E-state index in [9.17, 15) is 4.79 Å². The lowest BCUT2D eigenvalue weighted by Crippen LogP contribution is -2.51. The number of rotatable bonds is 3. The van der Waals surface area contributed by atoms with E-state index < -0.39 is 0 Å². The van der Waals surface area contributed by atoms with Gasteiger partial charge in [0, 0.05) is 39.3 Å². The number of carbonyl (C=O) groups excluding carboxylic acids is 1. The van der Waals surface area contributed by atoms with Gasteiger partial charge in [0.15, 0.2) is 0 Å². The Morgan fingerprint density at radius 2 is 2.00 bits per heavy atom. The van der Waals surface area contributed by atoms with Crippen LogP contribution in [0.1, 0.15) is 6.92 Å². The van der Waals surface area contributed by atoms with Crippen LogP contribution in [0.25, 0.3) is 0 Å². The summed E-state index contributed by atoms with van der Waals surface area (Å²) in [6, 6.07) is 0. The molecule has 2 N–H and O–H groups in total. The number of aliphatic hydroxyl groups is 1. The Morgan fingerprint density at radius 3 is 2.53 bits per heavy atom. The van der Waals surface area contributed by atoms with Crippen LogP contribution in [-0.2, 0) is 4.79 Å². The molecule has 0 aromatic rings. The topological polar surface area (TPSA) is 55.8 Å². The summed E-state index contributed by atoms with van der Waals surface area (Å²) in [6.45, 7) is 8.26. The van der Waals surface area contributed by atoms with E-state index in [2.05, 4.69) is 17.1 Å². The van der Waals surface area contributed by atoms with Crippen LogP contribution in [0.2, 0.25) is 0 Å². The second-order valence-corrected chi connectivity index (χ2v) is 5.13. The van der Waals surface area contributed by atoms with Crippen LogP contribution in [0.3, 0.4) is 0 Å². The molecule has 0 bridgehead atoms. The van der Waals surface area contributed by atoms with Crippen molar-refractivity contribution in [2.45, 2.75) is 6.92 Å². The number of aliphatic hydroxyl groups excluding tert-OH is 1. The Balaban J connectivity index is 1.82. The Labute approximate surface area is 103 Å². The van der Waals surface area contributed by atoms with E-state index in [-0.39, 0.29) is 12.5 Å². The van der Waals surface area contributed by atoms with Gasteiger partial charge >= 0.3 is 0 Å². The normalized spacial score (nSPS) is 30.8. The van der Waals surface area contributed by atoms with E-state index in [1.807, 2.05) is 4.90 Å².